The van der Waals surface area contributed by atoms with E-state index in [0.29, 0.717) is 12.0 Å². The van der Waals surface area contributed by atoms with Gasteiger partial charge in [0.1, 0.15) is 0 Å². The fraction of sp³-hybridized carbons (Fsp3) is 0.286. The summed E-state index contributed by atoms with van der Waals surface area (Å²) in [4.78, 5) is 21.3. The molecule has 0 spiro atoms. The van der Waals surface area contributed by atoms with E-state index < -0.39 is 12.1 Å². The minimum absolute atomic E-state index is 0.162. The quantitative estimate of drug-likeness (QED) is 0.527. The van der Waals surface area contributed by atoms with Crippen LogP contribution in [0.2, 0.25) is 0 Å². The average molecular weight is 419 g/mol. The van der Waals surface area contributed by atoms with Crippen molar-refractivity contribution < 1.29 is 27.3 Å². The SMILES string of the molecule is CON(Cc1ccc(-c2noc(C(F)(F)F)n2)cc1)C(=O)C(C)Cc1ccccc1. The van der Waals surface area contributed by atoms with E-state index in [2.05, 4.69) is 14.7 Å². The van der Waals surface area contributed by atoms with Crippen molar-refractivity contribution in [3.8, 4) is 11.4 Å². The van der Waals surface area contributed by atoms with Gasteiger partial charge in [0.15, 0.2) is 0 Å². The Kier molecular flexibility index (Phi) is 6.51. The Labute approximate surface area is 171 Å². The Hall–Kier alpha value is -3.20. The van der Waals surface area contributed by atoms with Crippen LogP contribution in [0, 0.1) is 5.92 Å². The lowest BCUT2D eigenvalue weighted by molar-refractivity contribution is -0.183. The number of hydroxylamine groups is 2. The van der Waals surface area contributed by atoms with Gasteiger partial charge in [-0.15, -0.1) is 0 Å². The zero-order valence-corrected chi connectivity index (χ0v) is 16.4. The molecular formula is C21H20F3N3O3. The summed E-state index contributed by atoms with van der Waals surface area (Å²) in [5.74, 6) is -2.01. The van der Waals surface area contributed by atoms with Crippen molar-refractivity contribution in [1.82, 2.24) is 15.2 Å². The summed E-state index contributed by atoms with van der Waals surface area (Å²) in [5, 5.41) is 4.62. The lowest BCUT2D eigenvalue weighted by Crippen LogP contribution is -2.34. The van der Waals surface area contributed by atoms with Crippen molar-refractivity contribution in [1.29, 1.82) is 0 Å². The highest BCUT2D eigenvalue weighted by molar-refractivity contribution is 5.77. The number of amides is 1. The number of benzene rings is 2. The molecule has 1 unspecified atom stereocenters. The Bertz CT molecular complexity index is 972. The van der Waals surface area contributed by atoms with Crippen molar-refractivity contribution in [2.24, 2.45) is 5.92 Å². The highest BCUT2D eigenvalue weighted by atomic mass is 19.4. The van der Waals surface area contributed by atoms with Crippen molar-refractivity contribution in [3.63, 3.8) is 0 Å². The number of halogens is 3. The molecule has 30 heavy (non-hydrogen) atoms. The number of alkyl halides is 3. The van der Waals surface area contributed by atoms with Gasteiger partial charge in [-0.05, 0) is 17.5 Å². The Morgan fingerprint density at radius 3 is 2.33 bits per heavy atom. The summed E-state index contributed by atoms with van der Waals surface area (Å²) < 4.78 is 42.0. The molecular weight excluding hydrogens is 399 g/mol. The van der Waals surface area contributed by atoms with Crippen LogP contribution < -0.4 is 0 Å². The fourth-order valence-electron chi connectivity index (χ4n) is 2.91. The van der Waals surface area contributed by atoms with Crippen LogP contribution in [-0.2, 0) is 28.8 Å². The first-order valence-electron chi connectivity index (χ1n) is 9.17. The summed E-state index contributed by atoms with van der Waals surface area (Å²) in [5.41, 5.74) is 2.16. The van der Waals surface area contributed by atoms with Gasteiger partial charge in [-0.2, -0.15) is 18.2 Å². The van der Waals surface area contributed by atoms with E-state index in [0.717, 1.165) is 11.1 Å². The molecule has 1 amide bonds. The summed E-state index contributed by atoms with van der Waals surface area (Å²) in [6, 6.07) is 16.1. The van der Waals surface area contributed by atoms with Crippen LogP contribution in [-0.4, -0.2) is 28.2 Å². The van der Waals surface area contributed by atoms with Crippen LogP contribution >= 0.6 is 0 Å². The van der Waals surface area contributed by atoms with Crippen LogP contribution in [0.1, 0.15) is 23.9 Å². The minimum Gasteiger partial charge on any atom is -0.329 e. The lowest BCUT2D eigenvalue weighted by Gasteiger charge is -2.23. The molecule has 158 valence electrons. The summed E-state index contributed by atoms with van der Waals surface area (Å²) in [6.45, 7) is 2.02. The van der Waals surface area contributed by atoms with Crippen LogP contribution in [0.3, 0.4) is 0 Å². The number of hydrogen-bond acceptors (Lipinski definition) is 5. The number of hydrogen-bond donors (Lipinski definition) is 0. The lowest BCUT2D eigenvalue weighted by atomic mass is 10.00. The molecule has 3 aromatic rings. The highest BCUT2D eigenvalue weighted by Crippen LogP contribution is 2.29. The first-order valence-corrected chi connectivity index (χ1v) is 9.17. The molecule has 3 rings (SSSR count). The van der Waals surface area contributed by atoms with Gasteiger partial charge in [-0.25, -0.2) is 5.06 Å². The second-order valence-corrected chi connectivity index (χ2v) is 6.77. The Balaban J connectivity index is 1.65. The monoisotopic (exact) mass is 419 g/mol. The van der Waals surface area contributed by atoms with E-state index in [4.69, 9.17) is 4.84 Å². The summed E-state index contributed by atoms with van der Waals surface area (Å²) in [6.07, 6.45) is -4.11. The Morgan fingerprint density at radius 2 is 1.77 bits per heavy atom. The molecule has 1 aromatic heterocycles. The number of aromatic nitrogens is 2. The molecule has 0 bridgehead atoms. The molecule has 1 heterocycles. The number of rotatable bonds is 7. The second-order valence-electron chi connectivity index (χ2n) is 6.77. The third kappa shape index (κ3) is 5.24. The molecule has 0 fully saturated rings. The molecule has 0 saturated heterocycles. The van der Waals surface area contributed by atoms with Gasteiger partial charge in [-0.1, -0.05) is 66.7 Å². The van der Waals surface area contributed by atoms with Crippen molar-refractivity contribution in [2.45, 2.75) is 26.1 Å². The van der Waals surface area contributed by atoms with Gasteiger partial charge >= 0.3 is 12.1 Å². The van der Waals surface area contributed by atoms with Gasteiger partial charge in [0.05, 0.1) is 13.7 Å². The fourth-order valence-corrected chi connectivity index (χ4v) is 2.91. The molecule has 0 radical (unpaired) electrons. The van der Waals surface area contributed by atoms with Gasteiger partial charge in [0.25, 0.3) is 0 Å². The van der Waals surface area contributed by atoms with Crippen LogP contribution in [0.5, 0.6) is 0 Å². The van der Waals surface area contributed by atoms with E-state index in [-0.39, 0.29) is 24.2 Å². The van der Waals surface area contributed by atoms with Gasteiger partial charge in [-0.3, -0.25) is 9.63 Å². The predicted octanol–water partition coefficient (Wildman–Crippen LogP) is 4.52. The van der Waals surface area contributed by atoms with E-state index in [1.165, 1.54) is 12.2 Å². The zero-order chi connectivity index (χ0) is 21.7. The van der Waals surface area contributed by atoms with Crippen LogP contribution in [0.4, 0.5) is 13.2 Å². The molecule has 0 N–H and O–H groups in total. The molecule has 0 aliphatic heterocycles. The van der Waals surface area contributed by atoms with Crippen LogP contribution in [0.25, 0.3) is 11.4 Å². The standard InChI is InChI=1S/C21H20F3N3O3/c1-14(12-15-6-4-3-5-7-15)19(28)27(29-2)13-16-8-10-17(11-9-16)18-25-20(30-26-18)21(22,23)24/h3-11,14H,12-13H2,1-2H3. The number of carbonyl (C=O) groups is 1. The predicted molar refractivity (Wildman–Crippen MR) is 102 cm³/mol. The first-order chi connectivity index (χ1) is 14.3. The molecule has 2 aromatic carbocycles. The highest BCUT2D eigenvalue weighted by Gasteiger charge is 2.38. The van der Waals surface area contributed by atoms with Gasteiger partial charge < -0.3 is 4.52 Å². The molecule has 1 atom stereocenters. The Morgan fingerprint density at radius 1 is 1.10 bits per heavy atom. The maximum Gasteiger partial charge on any atom is 0.471 e. The number of carbonyl (C=O) groups excluding carboxylic acids is 1. The van der Waals surface area contributed by atoms with Gasteiger partial charge in [0.2, 0.25) is 11.7 Å². The smallest absolute Gasteiger partial charge is 0.329 e. The second kappa shape index (κ2) is 9.08. The molecule has 6 nitrogen and oxygen atoms in total. The minimum atomic E-state index is -4.69. The van der Waals surface area contributed by atoms with Crippen molar-refractivity contribution >= 4 is 5.91 Å². The zero-order valence-electron chi connectivity index (χ0n) is 16.4. The van der Waals surface area contributed by atoms with E-state index in [1.54, 1.807) is 24.3 Å². The molecule has 0 saturated carbocycles. The third-order valence-corrected chi connectivity index (χ3v) is 4.48. The van der Waals surface area contributed by atoms with Crippen molar-refractivity contribution in [3.05, 3.63) is 71.6 Å². The largest absolute Gasteiger partial charge is 0.471 e. The third-order valence-electron chi connectivity index (χ3n) is 4.48. The maximum absolute atomic E-state index is 12.7. The van der Waals surface area contributed by atoms with E-state index >= 15 is 0 Å². The molecule has 0 aliphatic carbocycles. The molecule has 9 heteroatoms. The normalized spacial score (nSPS) is 12.6. The van der Waals surface area contributed by atoms with Gasteiger partial charge in [0, 0.05) is 11.5 Å². The average Bonchev–Trinajstić information content (AvgIpc) is 3.23. The summed E-state index contributed by atoms with van der Waals surface area (Å²) in [7, 11) is 1.42. The number of nitrogens with zero attached hydrogens (tertiary/aromatic N) is 3. The van der Waals surface area contributed by atoms with E-state index in [9.17, 15) is 18.0 Å². The molecule has 0 aliphatic rings. The topological polar surface area (TPSA) is 68.5 Å². The van der Waals surface area contributed by atoms with Crippen LogP contribution in [0.15, 0.2) is 59.1 Å². The van der Waals surface area contributed by atoms with E-state index in [1.807, 2.05) is 37.3 Å². The maximum atomic E-state index is 12.7. The summed E-state index contributed by atoms with van der Waals surface area (Å²) >= 11 is 0. The first kappa shape index (κ1) is 21.5. The van der Waals surface area contributed by atoms with Crippen molar-refractivity contribution in [2.75, 3.05) is 7.11 Å².